The number of sulfonamides is 1. The van der Waals surface area contributed by atoms with Gasteiger partial charge in [-0.05, 0) is 50.5 Å². The molecule has 29 heavy (non-hydrogen) atoms. The Morgan fingerprint density at radius 3 is 2.28 bits per heavy atom. The summed E-state index contributed by atoms with van der Waals surface area (Å²) in [7, 11) is -3.35. The molecule has 3 rings (SSSR count). The van der Waals surface area contributed by atoms with Crippen LogP contribution >= 0.6 is 0 Å². The van der Waals surface area contributed by atoms with Crippen LogP contribution in [0.5, 0.6) is 0 Å². The molecule has 0 N–H and O–H groups in total. The molecule has 2 fully saturated rings. The van der Waals surface area contributed by atoms with Crippen LogP contribution in [0.4, 0.5) is 0 Å². The minimum Gasteiger partial charge on any atom is -0.268 e. The minimum absolute atomic E-state index is 0.0383. The molecule has 0 saturated carbocycles. The maximum absolute atomic E-state index is 13.0. The van der Waals surface area contributed by atoms with E-state index in [0.717, 1.165) is 19.3 Å². The lowest BCUT2D eigenvalue weighted by molar-refractivity contribution is 0.00100. The van der Waals surface area contributed by atoms with E-state index in [0.29, 0.717) is 18.5 Å². The summed E-state index contributed by atoms with van der Waals surface area (Å²) in [5, 5.41) is 3.04. The van der Waals surface area contributed by atoms with Gasteiger partial charge in [0, 0.05) is 32.2 Å². The monoisotopic (exact) mass is 443 g/mol. The molecular weight excluding hydrogens is 414 g/mol. The van der Waals surface area contributed by atoms with E-state index in [1.807, 2.05) is 6.92 Å². The highest BCUT2D eigenvalue weighted by Gasteiger charge is 2.37. The van der Waals surface area contributed by atoms with Gasteiger partial charge in [0.1, 0.15) is 0 Å². The summed E-state index contributed by atoms with van der Waals surface area (Å²) in [6, 6.07) is 5.48. The van der Waals surface area contributed by atoms with Crippen molar-refractivity contribution in [1.29, 1.82) is 0 Å². The van der Waals surface area contributed by atoms with Crippen molar-refractivity contribution in [3.05, 3.63) is 29.8 Å². The predicted molar refractivity (Wildman–Crippen MR) is 111 cm³/mol. The Hall–Kier alpha value is -1.49. The molecule has 162 valence electrons. The highest BCUT2D eigenvalue weighted by Crippen LogP contribution is 2.26. The van der Waals surface area contributed by atoms with Gasteiger partial charge in [-0.1, -0.05) is 6.42 Å². The van der Waals surface area contributed by atoms with Gasteiger partial charge in [-0.15, -0.1) is 0 Å². The molecule has 2 saturated heterocycles. The number of hydrazine groups is 1. The first kappa shape index (κ1) is 22.2. The van der Waals surface area contributed by atoms with Crippen molar-refractivity contribution in [3.8, 4) is 0 Å². The van der Waals surface area contributed by atoms with Gasteiger partial charge in [0.2, 0.25) is 10.0 Å². The number of sulfone groups is 1. The first-order chi connectivity index (χ1) is 13.5. The van der Waals surface area contributed by atoms with Crippen molar-refractivity contribution in [2.45, 2.75) is 49.6 Å². The van der Waals surface area contributed by atoms with Crippen LogP contribution in [0.3, 0.4) is 0 Å². The molecule has 0 unspecified atom stereocenters. The summed E-state index contributed by atoms with van der Waals surface area (Å²) >= 11 is 0. The quantitative estimate of drug-likeness (QED) is 0.638. The SMILES string of the molecule is C[C@H]1CCCCN1S(=O)(=O)c1ccc(C(=O)N([C@H]2CCS(=O)(=O)C2)N(C)C)cc1. The fourth-order valence-corrected chi connectivity index (χ4v) is 7.50. The van der Waals surface area contributed by atoms with Crippen LogP contribution in [0.1, 0.15) is 43.0 Å². The van der Waals surface area contributed by atoms with Crippen molar-refractivity contribution < 1.29 is 21.6 Å². The van der Waals surface area contributed by atoms with E-state index in [4.69, 9.17) is 0 Å². The number of benzene rings is 1. The fourth-order valence-electron chi connectivity index (χ4n) is 4.11. The second-order valence-corrected chi connectivity index (χ2v) is 12.2. The third kappa shape index (κ3) is 4.65. The molecule has 2 aliphatic rings. The zero-order valence-electron chi connectivity index (χ0n) is 17.1. The second-order valence-electron chi connectivity index (χ2n) is 8.04. The van der Waals surface area contributed by atoms with Gasteiger partial charge < -0.3 is 0 Å². The van der Waals surface area contributed by atoms with Crippen molar-refractivity contribution in [1.82, 2.24) is 14.3 Å². The maximum Gasteiger partial charge on any atom is 0.268 e. The highest BCUT2D eigenvalue weighted by atomic mass is 32.2. The Kier molecular flexibility index (Phi) is 6.38. The number of hydrogen-bond acceptors (Lipinski definition) is 6. The Bertz CT molecular complexity index is 958. The van der Waals surface area contributed by atoms with Gasteiger partial charge in [0.15, 0.2) is 9.84 Å². The first-order valence-electron chi connectivity index (χ1n) is 9.86. The molecule has 10 heteroatoms. The molecule has 1 aromatic carbocycles. The largest absolute Gasteiger partial charge is 0.268 e. The molecule has 0 bridgehead atoms. The molecule has 2 heterocycles. The molecule has 0 aliphatic carbocycles. The smallest absolute Gasteiger partial charge is 0.268 e. The lowest BCUT2D eigenvalue weighted by Crippen LogP contribution is -2.49. The number of carbonyl (C=O) groups is 1. The number of hydrogen-bond donors (Lipinski definition) is 0. The van der Waals surface area contributed by atoms with Crippen LogP contribution < -0.4 is 0 Å². The Morgan fingerprint density at radius 1 is 1.10 bits per heavy atom. The summed E-state index contributed by atoms with van der Waals surface area (Å²) in [5.74, 6) is -0.330. The molecule has 0 spiro atoms. The second kappa shape index (κ2) is 8.33. The van der Waals surface area contributed by atoms with E-state index in [-0.39, 0.29) is 28.4 Å². The number of piperidine rings is 1. The van der Waals surface area contributed by atoms with Crippen molar-refractivity contribution in [2.75, 3.05) is 32.1 Å². The predicted octanol–water partition coefficient (Wildman–Crippen LogP) is 1.36. The van der Waals surface area contributed by atoms with Crippen LogP contribution in [0, 0.1) is 0 Å². The van der Waals surface area contributed by atoms with E-state index >= 15 is 0 Å². The van der Waals surface area contributed by atoms with Crippen LogP contribution in [-0.4, -0.2) is 81.3 Å². The molecule has 0 radical (unpaired) electrons. The Balaban J connectivity index is 1.82. The van der Waals surface area contributed by atoms with Gasteiger partial charge in [-0.2, -0.15) is 4.31 Å². The van der Waals surface area contributed by atoms with Crippen LogP contribution in [-0.2, 0) is 19.9 Å². The number of nitrogens with zero attached hydrogens (tertiary/aromatic N) is 3. The minimum atomic E-state index is -3.60. The number of carbonyl (C=O) groups excluding carboxylic acids is 1. The first-order valence-corrected chi connectivity index (χ1v) is 13.1. The summed E-state index contributed by atoms with van der Waals surface area (Å²) in [4.78, 5) is 13.2. The number of rotatable bonds is 5. The summed E-state index contributed by atoms with van der Waals surface area (Å²) in [5.41, 5.74) is 0.327. The lowest BCUT2D eigenvalue weighted by Gasteiger charge is -2.34. The molecule has 1 amide bonds. The van der Waals surface area contributed by atoms with Gasteiger partial charge in [0.25, 0.3) is 5.91 Å². The molecule has 0 aromatic heterocycles. The van der Waals surface area contributed by atoms with Gasteiger partial charge >= 0.3 is 0 Å². The van der Waals surface area contributed by atoms with Crippen LogP contribution in [0.15, 0.2) is 29.2 Å². The van der Waals surface area contributed by atoms with Gasteiger partial charge in [-0.3, -0.25) is 9.80 Å². The van der Waals surface area contributed by atoms with Gasteiger partial charge in [-0.25, -0.2) is 21.8 Å². The van der Waals surface area contributed by atoms with Gasteiger partial charge in [0.05, 0.1) is 22.4 Å². The zero-order valence-corrected chi connectivity index (χ0v) is 18.7. The zero-order chi connectivity index (χ0) is 21.4. The van der Waals surface area contributed by atoms with Crippen molar-refractivity contribution in [3.63, 3.8) is 0 Å². The molecular formula is C19H29N3O5S2. The molecule has 1 aromatic rings. The van der Waals surface area contributed by atoms with Crippen molar-refractivity contribution >= 4 is 25.8 Å². The molecule has 2 aliphatic heterocycles. The third-order valence-electron chi connectivity index (χ3n) is 5.64. The third-order valence-corrected chi connectivity index (χ3v) is 9.42. The van der Waals surface area contributed by atoms with E-state index in [1.54, 1.807) is 19.1 Å². The van der Waals surface area contributed by atoms with Crippen LogP contribution in [0.25, 0.3) is 0 Å². The summed E-state index contributed by atoms with van der Waals surface area (Å²) < 4.78 is 51.1. The normalized spacial score (nSPS) is 25.2. The van der Waals surface area contributed by atoms with E-state index < -0.39 is 25.9 Å². The maximum atomic E-state index is 13.0. The fraction of sp³-hybridized carbons (Fsp3) is 0.632. The summed E-state index contributed by atoms with van der Waals surface area (Å²) in [6.07, 6.45) is 3.11. The van der Waals surface area contributed by atoms with E-state index in [2.05, 4.69) is 0 Å². The average molecular weight is 444 g/mol. The van der Waals surface area contributed by atoms with Crippen molar-refractivity contribution in [2.24, 2.45) is 0 Å². The Morgan fingerprint density at radius 2 is 1.76 bits per heavy atom. The highest BCUT2D eigenvalue weighted by molar-refractivity contribution is 7.91. The number of amides is 1. The van der Waals surface area contributed by atoms with E-state index in [9.17, 15) is 21.6 Å². The lowest BCUT2D eigenvalue weighted by atomic mass is 10.1. The molecule has 2 atom stereocenters. The molecule has 8 nitrogen and oxygen atoms in total. The van der Waals surface area contributed by atoms with Crippen LogP contribution in [0.2, 0.25) is 0 Å². The summed E-state index contributed by atoms with van der Waals surface area (Å²) in [6.45, 7) is 2.42. The average Bonchev–Trinajstić information content (AvgIpc) is 3.01. The van der Waals surface area contributed by atoms with E-state index in [1.165, 1.54) is 33.6 Å². The Labute approximate surface area is 173 Å². The standard InChI is InChI=1S/C19H29N3O5S2/c1-15-6-4-5-12-21(15)29(26,27)18-9-7-16(8-10-18)19(23)22(20(2)3)17-11-13-28(24,25)14-17/h7-10,15,17H,4-6,11-14H2,1-3H3/t15-,17-/m0/s1. The topological polar surface area (TPSA) is 95.1 Å².